The number of allylic oxidation sites excluding steroid dienone is 1. The van der Waals surface area contributed by atoms with Gasteiger partial charge in [0.1, 0.15) is 11.6 Å². The van der Waals surface area contributed by atoms with E-state index in [4.69, 9.17) is 23.2 Å². The highest BCUT2D eigenvalue weighted by Crippen LogP contribution is 2.34. The zero-order valence-electron chi connectivity index (χ0n) is 14.9. The van der Waals surface area contributed by atoms with E-state index in [9.17, 15) is 0 Å². The molecule has 5 rings (SSSR count). The van der Waals surface area contributed by atoms with E-state index in [1.807, 2.05) is 42.5 Å². The van der Waals surface area contributed by atoms with Crippen molar-refractivity contribution >= 4 is 45.6 Å². The van der Waals surface area contributed by atoms with E-state index < -0.39 is 0 Å². The van der Waals surface area contributed by atoms with Gasteiger partial charge in [0.15, 0.2) is 0 Å². The molecule has 1 fully saturated rings. The summed E-state index contributed by atoms with van der Waals surface area (Å²) in [5.41, 5.74) is 7.02. The zero-order valence-corrected chi connectivity index (χ0v) is 16.4. The van der Waals surface area contributed by atoms with Crippen LogP contribution < -0.4 is 10.7 Å². The van der Waals surface area contributed by atoms with Crippen molar-refractivity contribution < 1.29 is 0 Å². The van der Waals surface area contributed by atoms with Crippen LogP contribution in [0, 0.1) is 5.92 Å². The van der Waals surface area contributed by atoms with E-state index in [2.05, 4.69) is 31.9 Å². The Labute approximate surface area is 172 Å². The number of hydrazone groups is 1. The number of benzene rings is 2. The summed E-state index contributed by atoms with van der Waals surface area (Å²) in [5, 5.41) is 9.56. The predicted molar refractivity (Wildman–Crippen MR) is 115 cm³/mol. The minimum Gasteiger partial charge on any atom is -0.325 e. The van der Waals surface area contributed by atoms with Gasteiger partial charge in [-0.05, 0) is 60.2 Å². The Morgan fingerprint density at radius 2 is 1.89 bits per heavy atom. The molecule has 2 aromatic carbocycles. The smallest absolute Gasteiger partial charge is 0.224 e. The normalized spacial score (nSPS) is 16.4. The molecule has 1 saturated carbocycles. The van der Waals surface area contributed by atoms with Crippen LogP contribution in [0.15, 0.2) is 59.5 Å². The number of nitrogens with one attached hydrogen (secondary N) is 2. The van der Waals surface area contributed by atoms with Gasteiger partial charge in [0.05, 0.1) is 5.52 Å². The fraction of sp³-hybridized carbons (Fsp3) is 0.190. The Hall–Kier alpha value is -2.63. The van der Waals surface area contributed by atoms with Gasteiger partial charge in [-0.3, -0.25) is 5.43 Å². The molecule has 0 unspecified atom stereocenters. The van der Waals surface area contributed by atoms with Gasteiger partial charge >= 0.3 is 0 Å². The number of nitrogens with zero attached hydrogens (tertiary/aromatic N) is 3. The van der Waals surface area contributed by atoms with Crippen LogP contribution in [0.5, 0.6) is 0 Å². The van der Waals surface area contributed by atoms with Gasteiger partial charge in [-0.25, -0.2) is 4.98 Å². The highest BCUT2D eigenvalue weighted by Gasteiger charge is 2.28. The van der Waals surface area contributed by atoms with Gasteiger partial charge in [-0.15, -0.1) is 0 Å². The lowest BCUT2D eigenvalue weighted by molar-refractivity contribution is 0.840. The molecule has 7 heteroatoms. The number of hydrogen-bond acceptors (Lipinski definition) is 5. The van der Waals surface area contributed by atoms with Crippen molar-refractivity contribution in [3.05, 3.63) is 64.7 Å². The SMILES string of the molecule is Clc1nc(NC2=CCC(C3CC3)=NN2)c2cc(-c3ccccc3Cl)ccc2n1. The second kappa shape index (κ2) is 7.08. The second-order valence-electron chi connectivity index (χ2n) is 6.99. The highest BCUT2D eigenvalue weighted by molar-refractivity contribution is 6.33. The fourth-order valence-electron chi connectivity index (χ4n) is 3.37. The summed E-state index contributed by atoms with van der Waals surface area (Å²) in [4.78, 5) is 8.74. The maximum absolute atomic E-state index is 6.37. The molecule has 28 heavy (non-hydrogen) atoms. The molecule has 2 N–H and O–H groups in total. The van der Waals surface area contributed by atoms with E-state index in [-0.39, 0.29) is 5.28 Å². The minimum atomic E-state index is 0.194. The van der Waals surface area contributed by atoms with Gasteiger partial charge in [-0.2, -0.15) is 10.1 Å². The van der Waals surface area contributed by atoms with Crippen LogP contribution in [-0.2, 0) is 0 Å². The number of aromatic nitrogens is 2. The van der Waals surface area contributed by atoms with E-state index in [0.717, 1.165) is 34.3 Å². The van der Waals surface area contributed by atoms with E-state index >= 15 is 0 Å². The Bertz CT molecular complexity index is 1130. The number of rotatable bonds is 4. The van der Waals surface area contributed by atoms with Crippen LogP contribution in [0.25, 0.3) is 22.0 Å². The molecular formula is C21H17Cl2N5. The highest BCUT2D eigenvalue weighted by atomic mass is 35.5. The molecule has 5 nitrogen and oxygen atoms in total. The summed E-state index contributed by atoms with van der Waals surface area (Å²) < 4.78 is 0. The predicted octanol–water partition coefficient (Wildman–Crippen LogP) is 5.62. The number of anilines is 1. The van der Waals surface area contributed by atoms with E-state index in [0.29, 0.717) is 16.8 Å². The first-order chi connectivity index (χ1) is 13.7. The van der Waals surface area contributed by atoms with Crippen LogP contribution >= 0.6 is 23.2 Å². The van der Waals surface area contributed by atoms with Crippen molar-refractivity contribution in [1.82, 2.24) is 15.4 Å². The van der Waals surface area contributed by atoms with Crippen LogP contribution in [0.2, 0.25) is 10.3 Å². The molecule has 1 aliphatic heterocycles. The van der Waals surface area contributed by atoms with Crippen LogP contribution in [-0.4, -0.2) is 15.7 Å². The summed E-state index contributed by atoms with van der Waals surface area (Å²) in [5.74, 6) is 2.08. The van der Waals surface area contributed by atoms with Crippen molar-refractivity contribution in [1.29, 1.82) is 0 Å². The van der Waals surface area contributed by atoms with Crippen LogP contribution in [0.3, 0.4) is 0 Å². The molecule has 0 saturated heterocycles. The second-order valence-corrected chi connectivity index (χ2v) is 7.73. The van der Waals surface area contributed by atoms with E-state index in [1.54, 1.807) is 0 Å². The molecule has 0 bridgehead atoms. The molecule has 2 aliphatic rings. The third-order valence-electron chi connectivity index (χ3n) is 4.99. The largest absolute Gasteiger partial charge is 0.325 e. The maximum Gasteiger partial charge on any atom is 0.224 e. The topological polar surface area (TPSA) is 62.2 Å². The molecule has 140 valence electrons. The lowest BCUT2D eigenvalue weighted by atomic mass is 10.0. The molecule has 1 aliphatic carbocycles. The van der Waals surface area contributed by atoms with Gasteiger partial charge in [0.25, 0.3) is 0 Å². The lowest BCUT2D eigenvalue weighted by Gasteiger charge is -2.17. The van der Waals surface area contributed by atoms with Crippen molar-refractivity contribution in [3.63, 3.8) is 0 Å². The Morgan fingerprint density at radius 3 is 2.64 bits per heavy atom. The first-order valence-corrected chi connectivity index (χ1v) is 9.95. The average Bonchev–Trinajstić information content (AvgIpc) is 3.54. The van der Waals surface area contributed by atoms with Gasteiger partial charge in [-0.1, -0.05) is 35.9 Å². The average molecular weight is 410 g/mol. The zero-order chi connectivity index (χ0) is 19.1. The first kappa shape index (κ1) is 17.5. The van der Waals surface area contributed by atoms with Crippen molar-refractivity contribution in [3.8, 4) is 11.1 Å². The fourth-order valence-corrected chi connectivity index (χ4v) is 3.79. The molecule has 0 spiro atoms. The Kier molecular flexibility index (Phi) is 4.41. The number of fused-ring (bicyclic) bond motifs is 1. The molecule has 1 aromatic heterocycles. The standard InChI is InChI=1S/C21H17Cl2N5/c22-16-4-2-1-3-14(16)13-7-8-18-15(11-13)20(26-21(23)24-18)25-19-10-9-17(27-28-19)12-5-6-12/h1-4,7-8,10-12,28H,5-6,9H2,(H,24,25,26). The van der Waals surface area contributed by atoms with Crippen LogP contribution in [0.1, 0.15) is 19.3 Å². The van der Waals surface area contributed by atoms with Crippen molar-refractivity contribution in [2.45, 2.75) is 19.3 Å². The third-order valence-corrected chi connectivity index (χ3v) is 5.49. The molecule has 0 amide bonds. The molecule has 0 atom stereocenters. The van der Waals surface area contributed by atoms with Gasteiger partial charge in [0.2, 0.25) is 5.28 Å². The summed E-state index contributed by atoms with van der Waals surface area (Å²) in [6, 6.07) is 13.7. The number of halogens is 2. The summed E-state index contributed by atoms with van der Waals surface area (Å²) >= 11 is 12.5. The van der Waals surface area contributed by atoms with Crippen molar-refractivity contribution in [2.75, 3.05) is 5.32 Å². The molecular weight excluding hydrogens is 393 g/mol. The van der Waals surface area contributed by atoms with Crippen LogP contribution in [0.4, 0.5) is 5.82 Å². The Balaban J connectivity index is 1.51. The minimum absolute atomic E-state index is 0.194. The lowest BCUT2D eigenvalue weighted by Crippen LogP contribution is -2.22. The monoisotopic (exact) mass is 409 g/mol. The molecule has 3 aromatic rings. The third kappa shape index (κ3) is 3.43. The number of hydrogen-bond donors (Lipinski definition) is 2. The summed E-state index contributed by atoms with van der Waals surface area (Å²) in [6.45, 7) is 0. The molecule has 2 heterocycles. The first-order valence-electron chi connectivity index (χ1n) is 9.19. The van der Waals surface area contributed by atoms with Gasteiger partial charge < -0.3 is 5.32 Å². The Morgan fingerprint density at radius 1 is 1.04 bits per heavy atom. The summed E-state index contributed by atoms with van der Waals surface area (Å²) in [6.07, 6.45) is 5.43. The van der Waals surface area contributed by atoms with Gasteiger partial charge in [0, 0.05) is 28.1 Å². The molecule has 0 radical (unpaired) electrons. The van der Waals surface area contributed by atoms with Crippen molar-refractivity contribution in [2.24, 2.45) is 11.0 Å². The quantitative estimate of drug-likeness (QED) is 0.549. The summed E-state index contributed by atoms with van der Waals surface area (Å²) in [7, 11) is 0. The maximum atomic E-state index is 6.37. The van der Waals surface area contributed by atoms with E-state index in [1.165, 1.54) is 18.6 Å².